The Hall–Kier alpha value is -0.930. The molecular formula is C22H39FIN5. The predicted molar refractivity (Wildman–Crippen MR) is 132 cm³/mol. The third-order valence-corrected chi connectivity index (χ3v) is 5.55. The molecule has 0 saturated carbocycles. The summed E-state index contributed by atoms with van der Waals surface area (Å²) in [4.78, 5) is 9.85. The minimum absolute atomic E-state index is 0. The summed E-state index contributed by atoms with van der Waals surface area (Å²) in [5.74, 6) is 1.26. The summed E-state index contributed by atoms with van der Waals surface area (Å²) >= 11 is 0. The molecule has 1 aliphatic rings. The highest BCUT2D eigenvalue weighted by Gasteiger charge is 2.24. The molecule has 1 aromatic carbocycles. The Morgan fingerprint density at radius 1 is 1.17 bits per heavy atom. The maximum absolute atomic E-state index is 13.3. The molecule has 1 atom stereocenters. The van der Waals surface area contributed by atoms with Crippen LogP contribution in [0.25, 0.3) is 0 Å². The van der Waals surface area contributed by atoms with E-state index in [0.717, 1.165) is 63.8 Å². The normalized spacial score (nSPS) is 17.1. The fraction of sp³-hybridized carbons (Fsp3) is 0.682. The van der Waals surface area contributed by atoms with E-state index in [0.29, 0.717) is 12.0 Å². The van der Waals surface area contributed by atoms with Gasteiger partial charge in [-0.15, -0.1) is 24.0 Å². The van der Waals surface area contributed by atoms with Crippen LogP contribution < -0.4 is 10.6 Å². The van der Waals surface area contributed by atoms with Crippen LogP contribution in [0.1, 0.15) is 31.9 Å². The number of benzene rings is 1. The summed E-state index contributed by atoms with van der Waals surface area (Å²) in [7, 11) is 2.19. The first-order valence-electron chi connectivity index (χ1n) is 10.6. The van der Waals surface area contributed by atoms with Gasteiger partial charge in [0.05, 0.1) is 6.54 Å². The Kier molecular flexibility index (Phi) is 12.1. The average Bonchev–Trinajstić information content (AvgIpc) is 2.64. The first-order valence-corrected chi connectivity index (χ1v) is 10.6. The SMILES string of the molecule is CCNC(=NCC(C(C)C)N1CCN(C)CC1)NCCc1ccc(F)cc1C.I. The predicted octanol–water partition coefficient (Wildman–Crippen LogP) is 3.12. The maximum Gasteiger partial charge on any atom is 0.191 e. The lowest BCUT2D eigenvalue weighted by Gasteiger charge is -2.39. The summed E-state index contributed by atoms with van der Waals surface area (Å²) < 4.78 is 13.3. The summed E-state index contributed by atoms with van der Waals surface area (Å²) in [6.45, 7) is 15.5. The van der Waals surface area contributed by atoms with Crippen LogP contribution in [-0.2, 0) is 6.42 Å². The fourth-order valence-electron chi connectivity index (χ4n) is 3.68. The summed E-state index contributed by atoms with van der Waals surface area (Å²) in [6, 6.07) is 5.46. The van der Waals surface area contributed by atoms with E-state index in [4.69, 9.17) is 4.99 Å². The zero-order valence-corrected chi connectivity index (χ0v) is 21.0. The highest BCUT2D eigenvalue weighted by atomic mass is 127. The first kappa shape index (κ1) is 26.1. The smallest absolute Gasteiger partial charge is 0.191 e. The van der Waals surface area contributed by atoms with Crippen LogP contribution in [0.3, 0.4) is 0 Å². The first-order chi connectivity index (χ1) is 13.4. The van der Waals surface area contributed by atoms with Gasteiger partial charge in [-0.25, -0.2) is 4.39 Å². The van der Waals surface area contributed by atoms with Crippen molar-refractivity contribution in [3.8, 4) is 0 Å². The van der Waals surface area contributed by atoms with Gasteiger partial charge in [-0.1, -0.05) is 19.9 Å². The topological polar surface area (TPSA) is 42.9 Å². The molecule has 0 radical (unpaired) electrons. The Labute approximate surface area is 193 Å². The second-order valence-corrected chi connectivity index (χ2v) is 8.12. The largest absolute Gasteiger partial charge is 0.357 e. The van der Waals surface area contributed by atoms with Gasteiger partial charge >= 0.3 is 0 Å². The fourth-order valence-corrected chi connectivity index (χ4v) is 3.68. The number of nitrogens with zero attached hydrogens (tertiary/aromatic N) is 3. The van der Waals surface area contributed by atoms with Gasteiger partial charge in [-0.3, -0.25) is 9.89 Å². The van der Waals surface area contributed by atoms with Crippen LogP contribution in [0.15, 0.2) is 23.2 Å². The molecule has 1 fully saturated rings. The van der Waals surface area contributed by atoms with Gasteiger partial charge in [0, 0.05) is 45.3 Å². The molecule has 0 bridgehead atoms. The number of guanidine groups is 1. The van der Waals surface area contributed by atoms with Gasteiger partial charge in [0.1, 0.15) is 5.82 Å². The number of rotatable bonds is 8. The van der Waals surface area contributed by atoms with Gasteiger partial charge < -0.3 is 15.5 Å². The van der Waals surface area contributed by atoms with Crippen molar-refractivity contribution >= 4 is 29.9 Å². The monoisotopic (exact) mass is 519 g/mol. The standard InChI is InChI=1S/C22H38FN5.HI/c1-6-24-22(25-10-9-19-7-8-20(23)15-18(19)4)26-16-21(17(2)3)28-13-11-27(5)12-14-28;/h7-8,15,17,21H,6,9-14,16H2,1-5H3,(H2,24,25,26);1H. The Morgan fingerprint density at radius 2 is 1.86 bits per heavy atom. The van der Waals surface area contributed by atoms with E-state index < -0.39 is 0 Å². The average molecular weight is 519 g/mol. The maximum atomic E-state index is 13.3. The quantitative estimate of drug-likeness (QED) is 0.315. The molecule has 1 unspecified atom stereocenters. The number of hydrogen-bond acceptors (Lipinski definition) is 3. The molecule has 0 aromatic heterocycles. The molecule has 0 spiro atoms. The molecule has 5 nitrogen and oxygen atoms in total. The van der Waals surface area contributed by atoms with E-state index >= 15 is 0 Å². The molecule has 29 heavy (non-hydrogen) atoms. The highest BCUT2D eigenvalue weighted by molar-refractivity contribution is 14.0. The van der Waals surface area contributed by atoms with Crippen molar-refractivity contribution in [3.63, 3.8) is 0 Å². The number of aliphatic imine (C=N–C) groups is 1. The second kappa shape index (κ2) is 13.4. The number of piperazine rings is 1. The molecule has 1 aromatic rings. The van der Waals surface area contributed by atoms with E-state index in [1.807, 2.05) is 13.0 Å². The number of halogens is 2. The van der Waals surface area contributed by atoms with Crippen molar-refractivity contribution in [2.45, 2.75) is 40.2 Å². The van der Waals surface area contributed by atoms with Gasteiger partial charge in [0.25, 0.3) is 0 Å². The van der Waals surface area contributed by atoms with Crippen LogP contribution in [0.5, 0.6) is 0 Å². The Bertz CT molecular complexity index is 630. The summed E-state index contributed by atoms with van der Waals surface area (Å²) in [5.41, 5.74) is 2.17. The Morgan fingerprint density at radius 3 is 2.45 bits per heavy atom. The molecule has 0 amide bonds. The zero-order chi connectivity index (χ0) is 20.5. The van der Waals surface area contributed by atoms with Gasteiger partial charge in [0.15, 0.2) is 5.96 Å². The van der Waals surface area contributed by atoms with E-state index in [-0.39, 0.29) is 29.8 Å². The van der Waals surface area contributed by atoms with E-state index in [1.165, 1.54) is 11.6 Å². The van der Waals surface area contributed by atoms with Crippen LogP contribution in [-0.4, -0.2) is 74.7 Å². The minimum atomic E-state index is -0.173. The molecular weight excluding hydrogens is 480 g/mol. The van der Waals surface area contributed by atoms with Crippen molar-refractivity contribution in [2.75, 3.05) is 52.9 Å². The molecule has 2 rings (SSSR count). The van der Waals surface area contributed by atoms with Crippen LogP contribution in [0.4, 0.5) is 4.39 Å². The van der Waals surface area contributed by atoms with Crippen molar-refractivity contribution in [1.82, 2.24) is 20.4 Å². The lowest BCUT2D eigenvalue weighted by Crippen LogP contribution is -2.52. The van der Waals surface area contributed by atoms with Crippen molar-refractivity contribution in [1.29, 1.82) is 0 Å². The van der Waals surface area contributed by atoms with Crippen LogP contribution in [0, 0.1) is 18.7 Å². The number of aryl methyl sites for hydroxylation is 1. The van der Waals surface area contributed by atoms with Crippen molar-refractivity contribution in [2.24, 2.45) is 10.9 Å². The molecule has 1 aliphatic heterocycles. The molecule has 1 heterocycles. The molecule has 7 heteroatoms. The lowest BCUT2D eigenvalue weighted by atomic mass is 10.0. The van der Waals surface area contributed by atoms with Crippen LogP contribution in [0.2, 0.25) is 0 Å². The minimum Gasteiger partial charge on any atom is -0.357 e. The molecule has 0 aliphatic carbocycles. The molecule has 1 saturated heterocycles. The number of hydrogen-bond donors (Lipinski definition) is 2. The third-order valence-electron chi connectivity index (χ3n) is 5.55. The zero-order valence-electron chi connectivity index (χ0n) is 18.7. The van der Waals surface area contributed by atoms with E-state index in [2.05, 4.69) is 48.3 Å². The van der Waals surface area contributed by atoms with Crippen molar-refractivity contribution < 1.29 is 4.39 Å². The molecule has 2 N–H and O–H groups in total. The molecule has 166 valence electrons. The number of likely N-dealkylation sites (N-methyl/N-ethyl adjacent to an activating group) is 1. The van der Waals surface area contributed by atoms with Crippen LogP contribution >= 0.6 is 24.0 Å². The van der Waals surface area contributed by atoms with Gasteiger partial charge in [-0.05, 0) is 56.5 Å². The van der Waals surface area contributed by atoms with E-state index in [9.17, 15) is 4.39 Å². The number of nitrogens with one attached hydrogen (secondary N) is 2. The second-order valence-electron chi connectivity index (χ2n) is 8.12. The van der Waals surface area contributed by atoms with Gasteiger partial charge in [-0.2, -0.15) is 0 Å². The summed E-state index contributed by atoms with van der Waals surface area (Å²) in [6.07, 6.45) is 0.850. The van der Waals surface area contributed by atoms with E-state index in [1.54, 1.807) is 6.07 Å². The van der Waals surface area contributed by atoms with Crippen molar-refractivity contribution in [3.05, 3.63) is 35.1 Å². The summed E-state index contributed by atoms with van der Waals surface area (Å²) in [5, 5.41) is 6.78. The third kappa shape index (κ3) is 8.76. The Balaban J connectivity index is 0.00000420. The highest BCUT2D eigenvalue weighted by Crippen LogP contribution is 2.14. The lowest BCUT2D eigenvalue weighted by molar-refractivity contribution is 0.0925. The van der Waals surface area contributed by atoms with Gasteiger partial charge in [0.2, 0.25) is 0 Å².